The highest BCUT2D eigenvalue weighted by Crippen LogP contribution is 2.31. The Bertz CT molecular complexity index is 730. The second kappa shape index (κ2) is 6.15. The van der Waals surface area contributed by atoms with Gasteiger partial charge in [-0.05, 0) is 34.9 Å². The molecule has 0 aliphatic carbocycles. The van der Waals surface area contributed by atoms with Crippen molar-refractivity contribution in [3.05, 3.63) is 77.3 Å². The number of methoxy groups -OCH3 is 1. The molecular weight excluding hydrogens is 324 g/mol. The maximum absolute atomic E-state index is 5.42. The van der Waals surface area contributed by atoms with Crippen LogP contribution >= 0.6 is 15.9 Å². The number of hydrogen-bond donors (Lipinski definition) is 0. The summed E-state index contributed by atoms with van der Waals surface area (Å²) in [6, 6.07) is 25.0. The first-order valence-electron chi connectivity index (χ1n) is 6.77. The summed E-state index contributed by atoms with van der Waals surface area (Å²) in [5.41, 5.74) is 4.70. The third kappa shape index (κ3) is 3.01. The van der Waals surface area contributed by atoms with Gasteiger partial charge < -0.3 is 4.74 Å². The highest BCUT2D eigenvalue weighted by atomic mass is 79.9. The molecule has 0 unspecified atom stereocenters. The second-order valence-electron chi connectivity index (χ2n) is 4.78. The van der Waals surface area contributed by atoms with Gasteiger partial charge in [0.05, 0.1) is 7.11 Å². The van der Waals surface area contributed by atoms with E-state index in [2.05, 4.69) is 70.5 Å². The number of ether oxygens (including phenoxy) is 1. The fourth-order valence-corrected chi connectivity index (χ4v) is 2.63. The zero-order valence-corrected chi connectivity index (χ0v) is 13.3. The third-order valence-electron chi connectivity index (χ3n) is 3.48. The molecule has 3 aromatic rings. The lowest BCUT2D eigenvalue weighted by atomic mass is 10.00. The molecule has 0 fully saturated rings. The molecule has 0 spiro atoms. The Morgan fingerprint density at radius 3 is 1.81 bits per heavy atom. The molecule has 0 amide bonds. The molecular formula is C19H15BrO. The van der Waals surface area contributed by atoms with E-state index in [-0.39, 0.29) is 0 Å². The summed E-state index contributed by atoms with van der Waals surface area (Å²) in [7, 11) is 1.70. The zero-order chi connectivity index (χ0) is 14.7. The van der Waals surface area contributed by atoms with E-state index in [1.807, 2.05) is 18.2 Å². The number of para-hydroxylation sites is 1. The van der Waals surface area contributed by atoms with Crippen LogP contribution in [-0.4, -0.2) is 7.11 Å². The van der Waals surface area contributed by atoms with Crippen LogP contribution in [0.5, 0.6) is 5.75 Å². The molecule has 0 aliphatic rings. The van der Waals surface area contributed by atoms with Gasteiger partial charge in [-0.1, -0.05) is 70.5 Å². The number of benzene rings is 3. The minimum Gasteiger partial charge on any atom is -0.496 e. The van der Waals surface area contributed by atoms with Gasteiger partial charge in [-0.25, -0.2) is 0 Å². The molecule has 0 saturated heterocycles. The van der Waals surface area contributed by atoms with Crippen molar-refractivity contribution < 1.29 is 4.74 Å². The average molecular weight is 339 g/mol. The van der Waals surface area contributed by atoms with E-state index in [0.29, 0.717) is 0 Å². The molecule has 0 radical (unpaired) electrons. The van der Waals surface area contributed by atoms with Crippen molar-refractivity contribution in [2.24, 2.45) is 0 Å². The molecule has 0 aliphatic heterocycles. The van der Waals surface area contributed by atoms with Crippen molar-refractivity contribution in [1.29, 1.82) is 0 Å². The van der Waals surface area contributed by atoms with Crippen LogP contribution in [0.15, 0.2) is 77.3 Å². The van der Waals surface area contributed by atoms with Crippen LogP contribution in [0, 0.1) is 0 Å². The van der Waals surface area contributed by atoms with E-state index in [9.17, 15) is 0 Å². The van der Waals surface area contributed by atoms with Crippen LogP contribution in [0.4, 0.5) is 0 Å². The van der Waals surface area contributed by atoms with E-state index in [4.69, 9.17) is 4.74 Å². The Labute approximate surface area is 133 Å². The lowest BCUT2D eigenvalue weighted by Crippen LogP contribution is -1.87. The minimum atomic E-state index is 0.897. The molecule has 104 valence electrons. The van der Waals surface area contributed by atoms with E-state index < -0.39 is 0 Å². The minimum absolute atomic E-state index is 0.897. The molecule has 21 heavy (non-hydrogen) atoms. The molecule has 0 atom stereocenters. The summed E-state index contributed by atoms with van der Waals surface area (Å²) >= 11 is 3.46. The maximum Gasteiger partial charge on any atom is 0.126 e. The summed E-state index contributed by atoms with van der Waals surface area (Å²) in [6.45, 7) is 0. The molecule has 3 rings (SSSR count). The molecule has 0 bridgehead atoms. The SMILES string of the molecule is COc1ccccc1-c1ccc(-c2ccc(Br)cc2)cc1. The van der Waals surface area contributed by atoms with Crippen LogP contribution in [0.1, 0.15) is 0 Å². The fourth-order valence-electron chi connectivity index (χ4n) is 2.37. The van der Waals surface area contributed by atoms with Crippen molar-refractivity contribution in [2.45, 2.75) is 0 Å². The lowest BCUT2D eigenvalue weighted by molar-refractivity contribution is 0.416. The molecule has 1 nitrogen and oxygen atoms in total. The fraction of sp³-hybridized carbons (Fsp3) is 0.0526. The maximum atomic E-state index is 5.42. The average Bonchev–Trinajstić information content (AvgIpc) is 2.56. The van der Waals surface area contributed by atoms with Gasteiger partial charge in [-0.3, -0.25) is 0 Å². The Morgan fingerprint density at radius 1 is 0.667 bits per heavy atom. The van der Waals surface area contributed by atoms with Crippen LogP contribution < -0.4 is 4.74 Å². The molecule has 0 aromatic heterocycles. The van der Waals surface area contributed by atoms with Gasteiger partial charge in [0.2, 0.25) is 0 Å². The van der Waals surface area contributed by atoms with E-state index in [1.54, 1.807) is 7.11 Å². The zero-order valence-electron chi connectivity index (χ0n) is 11.7. The summed E-state index contributed by atoms with van der Waals surface area (Å²) in [6.07, 6.45) is 0. The highest BCUT2D eigenvalue weighted by Gasteiger charge is 2.05. The number of rotatable bonds is 3. The Kier molecular flexibility index (Phi) is 4.07. The highest BCUT2D eigenvalue weighted by molar-refractivity contribution is 9.10. The first-order chi connectivity index (χ1) is 10.3. The standard InChI is InChI=1S/C19H15BrO/c1-21-19-5-3-2-4-18(19)16-8-6-14(7-9-16)15-10-12-17(20)13-11-15/h2-13H,1H3. The smallest absolute Gasteiger partial charge is 0.126 e. The van der Waals surface area contributed by atoms with Crippen LogP contribution in [0.2, 0.25) is 0 Å². The predicted octanol–water partition coefficient (Wildman–Crippen LogP) is 5.79. The van der Waals surface area contributed by atoms with Crippen molar-refractivity contribution in [3.8, 4) is 28.0 Å². The third-order valence-corrected chi connectivity index (χ3v) is 4.01. The summed E-state index contributed by atoms with van der Waals surface area (Å²) < 4.78 is 6.52. The number of halogens is 1. The van der Waals surface area contributed by atoms with Crippen molar-refractivity contribution in [2.75, 3.05) is 7.11 Å². The van der Waals surface area contributed by atoms with E-state index >= 15 is 0 Å². The molecule has 0 heterocycles. The van der Waals surface area contributed by atoms with Gasteiger partial charge in [0, 0.05) is 10.0 Å². The van der Waals surface area contributed by atoms with Gasteiger partial charge in [-0.2, -0.15) is 0 Å². The van der Waals surface area contributed by atoms with Crippen LogP contribution in [-0.2, 0) is 0 Å². The summed E-state index contributed by atoms with van der Waals surface area (Å²) in [5.74, 6) is 0.897. The van der Waals surface area contributed by atoms with E-state index in [1.165, 1.54) is 11.1 Å². The van der Waals surface area contributed by atoms with Crippen LogP contribution in [0.25, 0.3) is 22.3 Å². The molecule has 3 aromatic carbocycles. The quantitative estimate of drug-likeness (QED) is 0.587. The Morgan fingerprint density at radius 2 is 1.19 bits per heavy atom. The summed E-state index contributed by atoms with van der Waals surface area (Å²) in [5, 5.41) is 0. The van der Waals surface area contributed by atoms with Crippen molar-refractivity contribution in [1.82, 2.24) is 0 Å². The van der Waals surface area contributed by atoms with Gasteiger partial charge in [0.25, 0.3) is 0 Å². The second-order valence-corrected chi connectivity index (χ2v) is 5.70. The lowest BCUT2D eigenvalue weighted by Gasteiger charge is -2.09. The summed E-state index contributed by atoms with van der Waals surface area (Å²) in [4.78, 5) is 0. The normalized spacial score (nSPS) is 10.4. The number of hydrogen-bond acceptors (Lipinski definition) is 1. The largest absolute Gasteiger partial charge is 0.496 e. The van der Waals surface area contributed by atoms with Gasteiger partial charge >= 0.3 is 0 Å². The van der Waals surface area contributed by atoms with Gasteiger partial charge in [-0.15, -0.1) is 0 Å². The van der Waals surface area contributed by atoms with E-state index in [0.717, 1.165) is 21.3 Å². The van der Waals surface area contributed by atoms with Crippen molar-refractivity contribution >= 4 is 15.9 Å². The van der Waals surface area contributed by atoms with Gasteiger partial charge in [0.15, 0.2) is 0 Å². The Balaban J connectivity index is 1.95. The first-order valence-corrected chi connectivity index (χ1v) is 7.56. The Hall–Kier alpha value is -2.06. The van der Waals surface area contributed by atoms with Gasteiger partial charge in [0.1, 0.15) is 5.75 Å². The topological polar surface area (TPSA) is 9.23 Å². The monoisotopic (exact) mass is 338 g/mol. The predicted molar refractivity (Wildman–Crippen MR) is 91.6 cm³/mol. The van der Waals surface area contributed by atoms with Crippen molar-refractivity contribution in [3.63, 3.8) is 0 Å². The first kappa shape index (κ1) is 13.9. The molecule has 0 saturated carbocycles. The molecule has 2 heteroatoms. The molecule has 0 N–H and O–H groups in total. The van der Waals surface area contributed by atoms with Crippen LogP contribution in [0.3, 0.4) is 0 Å².